The molecule has 132 valence electrons. The van der Waals surface area contributed by atoms with Gasteiger partial charge in [-0.1, -0.05) is 12.1 Å². The fourth-order valence-corrected chi connectivity index (χ4v) is 2.10. The first-order valence-corrected chi connectivity index (χ1v) is 7.65. The molecular formula is C18H18F2N2O3. The third-order valence-electron chi connectivity index (χ3n) is 3.21. The lowest BCUT2D eigenvalue weighted by Crippen LogP contribution is -2.29. The quantitative estimate of drug-likeness (QED) is 0.756. The Hall–Kier alpha value is -2.96. The number of hydrogen-bond donors (Lipinski definition) is 2. The van der Waals surface area contributed by atoms with Crippen molar-refractivity contribution in [2.45, 2.75) is 13.3 Å². The number of halogens is 2. The van der Waals surface area contributed by atoms with Crippen molar-refractivity contribution in [2.24, 2.45) is 0 Å². The van der Waals surface area contributed by atoms with Crippen molar-refractivity contribution in [3.8, 4) is 5.75 Å². The number of ether oxygens (including phenoxy) is 1. The van der Waals surface area contributed by atoms with E-state index in [4.69, 9.17) is 4.74 Å². The molecule has 2 rings (SSSR count). The van der Waals surface area contributed by atoms with Crippen molar-refractivity contribution < 1.29 is 23.1 Å². The molecule has 0 spiro atoms. The van der Waals surface area contributed by atoms with E-state index in [1.165, 1.54) is 13.0 Å². The topological polar surface area (TPSA) is 67.4 Å². The molecule has 2 amide bonds. The third kappa shape index (κ3) is 6.21. The van der Waals surface area contributed by atoms with Crippen molar-refractivity contribution >= 4 is 17.5 Å². The monoisotopic (exact) mass is 348 g/mol. The first kappa shape index (κ1) is 18.4. The molecule has 7 heteroatoms. The van der Waals surface area contributed by atoms with E-state index in [1.54, 1.807) is 24.3 Å². The van der Waals surface area contributed by atoms with Crippen LogP contribution in [0.25, 0.3) is 0 Å². The van der Waals surface area contributed by atoms with Crippen LogP contribution in [0, 0.1) is 11.6 Å². The molecule has 25 heavy (non-hydrogen) atoms. The van der Waals surface area contributed by atoms with Crippen molar-refractivity contribution in [1.82, 2.24) is 5.32 Å². The van der Waals surface area contributed by atoms with Crippen LogP contribution in [0.15, 0.2) is 42.5 Å². The van der Waals surface area contributed by atoms with Crippen LogP contribution in [0.5, 0.6) is 5.75 Å². The number of rotatable bonds is 7. The van der Waals surface area contributed by atoms with E-state index in [0.717, 1.165) is 17.7 Å². The summed E-state index contributed by atoms with van der Waals surface area (Å²) in [5.41, 5.74) is 1.45. The first-order chi connectivity index (χ1) is 11.9. The van der Waals surface area contributed by atoms with Gasteiger partial charge in [0, 0.05) is 18.7 Å². The summed E-state index contributed by atoms with van der Waals surface area (Å²) in [6.07, 6.45) is 0.172. The molecule has 0 atom stereocenters. The Kier molecular flexibility index (Phi) is 6.45. The molecule has 2 aromatic carbocycles. The Labute approximate surface area is 144 Å². The van der Waals surface area contributed by atoms with Gasteiger partial charge in [0.15, 0.2) is 11.6 Å². The van der Waals surface area contributed by atoms with Crippen LogP contribution in [0.4, 0.5) is 14.5 Å². The molecule has 2 N–H and O–H groups in total. The van der Waals surface area contributed by atoms with Crippen LogP contribution in [-0.4, -0.2) is 25.0 Å². The minimum absolute atomic E-state index is 0.0652. The van der Waals surface area contributed by atoms with Crippen LogP contribution in [0.2, 0.25) is 0 Å². The molecule has 0 aliphatic rings. The zero-order chi connectivity index (χ0) is 18.2. The number of nitrogens with one attached hydrogen (secondary N) is 2. The van der Waals surface area contributed by atoms with Gasteiger partial charge in [-0.25, -0.2) is 8.78 Å². The number of benzene rings is 2. The van der Waals surface area contributed by atoms with Crippen LogP contribution >= 0.6 is 0 Å². The molecule has 0 aromatic heterocycles. The molecule has 5 nitrogen and oxygen atoms in total. The lowest BCUT2D eigenvalue weighted by Gasteiger charge is -2.09. The zero-order valence-corrected chi connectivity index (χ0v) is 13.6. The van der Waals surface area contributed by atoms with Crippen LogP contribution in [0.3, 0.4) is 0 Å². The van der Waals surface area contributed by atoms with Crippen molar-refractivity contribution in [3.63, 3.8) is 0 Å². The number of anilines is 1. The summed E-state index contributed by atoms with van der Waals surface area (Å²) in [5, 5.41) is 5.29. The molecule has 0 bridgehead atoms. The summed E-state index contributed by atoms with van der Waals surface area (Å²) in [6.45, 7) is 1.68. The summed E-state index contributed by atoms with van der Waals surface area (Å²) in [7, 11) is 0. The Morgan fingerprint density at radius 3 is 2.44 bits per heavy atom. The molecule has 0 saturated heterocycles. The van der Waals surface area contributed by atoms with Gasteiger partial charge in [-0.05, 0) is 29.8 Å². The summed E-state index contributed by atoms with van der Waals surface area (Å²) >= 11 is 0. The third-order valence-corrected chi connectivity index (χ3v) is 3.21. The smallest absolute Gasteiger partial charge is 0.224 e. The van der Waals surface area contributed by atoms with E-state index in [0.29, 0.717) is 5.69 Å². The van der Waals surface area contributed by atoms with Gasteiger partial charge in [-0.15, -0.1) is 0 Å². The van der Waals surface area contributed by atoms with Gasteiger partial charge < -0.3 is 15.4 Å². The Balaban J connectivity index is 1.72. The maximum atomic E-state index is 13.4. The van der Waals surface area contributed by atoms with Crippen molar-refractivity contribution in [1.29, 1.82) is 0 Å². The second-order valence-corrected chi connectivity index (χ2v) is 5.33. The maximum Gasteiger partial charge on any atom is 0.224 e. The van der Waals surface area contributed by atoms with E-state index in [9.17, 15) is 18.4 Å². The number of amides is 2. The van der Waals surface area contributed by atoms with Crippen molar-refractivity contribution in [2.75, 3.05) is 18.5 Å². The van der Waals surface area contributed by atoms with E-state index in [2.05, 4.69) is 10.6 Å². The average molecular weight is 348 g/mol. The van der Waals surface area contributed by atoms with Gasteiger partial charge in [0.1, 0.15) is 12.4 Å². The van der Waals surface area contributed by atoms with Crippen LogP contribution in [-0.2, 0) is 16.0 Å². The van der Waals surface area contributed by atoms with Gasteiger partial charge in [-0.2, -0.15) is 0 Å². The molecule has 0 heterocycles. The van der Waals surface area contributed by atoms with Crippen molar-refractivity contribution in [3.05, 3.63) is 59.7 Å². The lowest BCUT2D eigenvalue weighted by atomic mass is 10.1. The highest BCUT2D eigenvalue weighted by atomic mass is 19.1. The Morgan fingerprint density at radius 2 is 1.80 bits per heavy atom. The molecular weight excluding hydrogens is 330 g/mol. The van der Waals surface area contributed by atoms with E-state index in [1.807, 2.05) is 0 Å². The predicted molar refractivity (Wildman–Crippen MR) is 89.3 cm³/mol. The largest absolute Gasteiger partial charge is 0.489 e. The first-order valence-electron chi connectivity index (χ1n) is 7.65. The zero-order valence-electron chi connectivity index (χ0n) is 13.6. The minimum Gasteiger partial charge on any atom is -0.489 e. The summed E-state index contributed by atoms with van der Waals surface area (Å²) in [6, 6.07) is 9.95. The summed E-state index contributed by atoms with van der Waals surface area (Å²) in [4.78, 5) is 22.8. The Morgan fingerprint density at radius 1 is 1.08 bits per heavy atom. The van der Waals surface area contributed by atoms with Gasteiger partial charge in [0.2, 0.25) is 11.8 Å². The minimum atomic E-state index is -0.786. The van der Waals surface area contributed by atoms with E-state index >= 15 is 0 Å². The molecule has 2 aromatic rings. The predicted octanol–water partition coefficient (Wildman–Crippen LogP) is 2.66. The standard InChI is InChI=1S/C18H18F2N2O3/c1-12(23)22-15-5-2-13(3-6-15)10-18(24)21-8-9-25-17-7-4-14(19)11-16(17)20/h2-7,11H,8-10H2,1H3,(H,21,24)(H,22,23). The SMILES string of the molecule is CC(=O)Nc1ccc(CC(=O)NCCOc2ccc(F)cc2F)cc1. The molecule has 0 radical (unpaired) electrons. The normalized spacial score (nSPS) is 10.2. The van der Waals surface area contributed by atoms with Gasteiger partial charge in [-0.3, -0.25) is 9.59 Å². The number of carbonyl (C=O) groups excluding carboxylic acids is 2. The highest BCUT2D eigenvalue weighted by Crippen LogP contribution is 2.17. The number of carbonyl (C=O) groups is 2. The fraction of sp³-hybridized carbons (Fsp3) is 0.222. The molecule has 0 aliphatic carbocycles. The second-order valence-electron chi connectivity index (χ2n) is 5.33. The van der Waals surface area contributed by atoms with Crippen LogP contribution < -0.4 is 15.4 Å². The molecule has 0 unspecified atom stereocenters. The molecule has 0 saturated carbocycles. The summed E-state index contributed by atoms with van der Waals surface area (Å²) in [5.74, 6) is -1.91. The van der Waals surface area contributed by atoms with Crippen LogP contribution in [0.1, 0.15) is 12.5 Å². The Bertz CT molecular complexity index is 748. The molecule has 0 fully saturated rings. The highest BCUT2D eigenvalue weighted by molar-refractivity contribution is 5.88. The second kappa shape index (κ2) is 8.77. The molecule has 0 aliphatic heterocycles. The maximum absolute atomic E-state index is 13.4. The lowest BCUT2D eigenvalue weighted by molar-refractivity contribution is -0.120. The van der Waals surface area contributed by atoms with Gasteiger partial charge in [0.25, 0.3) is 0 Å². The fourth-order valence-electron chi connectivity index (χ4n) is 2.10. The summed E-state index contributed by atoms with van der Waals surface area (Å²) < 4.78 is 31.3. The van der Waals surface area contributed by atoms with Gasteiger partial charge in [0.05, 0.1) is 13.0 Å². The highest BCUT2D eigenvalue weighted by Gasteiger charge is 2.06. The van der Waals surface area contributed by atoms with Gasteiger partial charge >= 0.3 is 0 Å². The average Bonchev–Trinajstić information content (AvgIpc) is 2.54. The van der Waals surface area contributed by atoms with E-state index < -0.39 is 11.6 Å². The van der Waals surface area contributed by atoms with E-state index in [-0.39, 0.29) is 37.1 Å². The number of hydrogen-bond acceptors (Lipinski definition) is 3.